The number of ketones is 1. The number of hydrogen-bond acceptors (Lipinski definition) is 2. The van der Waals surface area contributed by atoms with Crippen molar-refractivity contribution in [2.75, 3.05) is 0 Å². The van der Waals surface area contributed by atoms with Crippen LogP contribution in [0.25, 0.3) is 0 Å². The number of hydrogen-bond donors (Lipinski definition) is 1. The van der Waals surface area contributed by atoms with Gasteiger partial charge in [-0.1, -0.05) is 19.1 Å². The van der Waals surface area contributed by atoms with E-state index in [-0.39, 0.29) is 17.4 Å². The highest BCUT2D eigenvalue weighted by molar-refractivity contribution is 5.98. The third-order valence-corrected chi connectivity index (χ3v) is 2.70. The summed E-state index contributed by atoms with van der Waals surface area (Å²) in [6, 6.07) is 3.85. The summed E-state index contributed by atoms with van der Waals surface area (Å²) < 4.78 is 36.9. The molecule has 0 fully saturated rings. The molecule has 2 unspecified atom stereocenters. The normalized spacial score (nSPS) is 15.4. The third-order valence-electron chi connectivity index (χ3n) is 2.70. The lowest BCUT2D eigenvalue weighted by atomic mass is 9.93. The molecule has 5 heteroatoms. The van der Waals surface area contributed by atoms with Gasteiger partial charge in [-0.25, -0.2) is 0 Å². The Morgan fingerprint density at radius 2 is 1.65 bits per heavy atom. The second-order valence-electron chi connectivity index (χ2n) is 4.09. The lowest BCUT2D eigenvalue weighted by Gasteiger charge is -2.14. The molecule has 17 heavy (non-hydrogen) atoms. The van der Waals surface area contributed by atoms with E-state index in [4.69, 9.17) is 5.73 Å². The van der Waals surface area contributed by atoms with Crippen LogP contribution in [-0.4, -0.2) is 11.8 Å². The number of carbonyl (C=O) groups is 1. The zero-order valence-electron chi connectivity index (χ0n) is 9.58. The number of nitrogens with two attached hydrogens (primary N) is 1. The molecule has 1 aromatic rings. The van der Waals surface area contributed by atoms with Gasteiger partial charge in [0.1, 0.15) is 0 Å². The van der Waals surface area contributed by atoms with Gasteiger partial charge >= 0.3 is 6.18 Å². The third kappa shape index (κ3) is 3.30. The van der Waals surface area contributed by atoms with Crippen LogP contribution in [0.3, 0.4) is 0 Å². The topological polar surface area (TPSA) is 43.1 Å². The monoisotopic (exact) mass is 245 g/mol. The Kier molecular flexibility index (Phi) is 3.93. The van der Waals surface area contributed by atoms with E-state index < -0.39 is 17.7 Å². The molecule has 94 valence electrons. The molecule has 0 saturated carbocycles. The molecule has 2 atom stereocenters. The van der Waals surface area contributed by atoms with Crippen molar-refractivity contribution in [2.45, 2.75) is 26.1 Å². The van der Waals surface area contributed by atoms with E-state index in [0.29, 0.717) is 0 Å². The van der Waals surface area contributed by atoms with Crippen LogP contribution in [0, 0.1) is 5.92 Å². The van der Waals surface area contributed by atoms with E-state index in [0.717, 1.165) is 12.1 Å². The Balaban J connectivity index is 2.92. The number of benzene rings is 1. The first-order valence-electron chi connectivity index (χ1n) is 5.20. The highest BCUT2D eigenvalue weighted by Gasteiger charge is 2.30. The minimum atomic E-state index is -4.38. The van der Waals surface area contributed by atoms with Crippen LogP contribution >= 0.6 is 0 Å². The second-order valence-corrected chi connectivity index (χ2v) is 4.09. The van der Waals surface area contributed by atoms with Gasteiger partial charge in [-0.05, 0) is 19.1 Å². The van der Waals surface area contributed by atoms with Crippen molar-refractivity contribution < 1.29 is 18.0 Å². The van der Waals surface area contributed by atoms with E-state index in [1.807, 2.05) is 0 Å². The van der Waals surface area contributed by atoms with Crippen LogP contribution in [0.2, 0.25) is 0 Å². The maximum Gasteiger partial charge on any atom is 0.416 e. The van der Waals surface area contributed by atoms with Crippen molar-refractivity contribution in [3.8, 4) is 0 Å². The maximum absolute atomic E-state index is 12.3. The van der Waals surface area contributed by atoms with Crippen molar-refractivity contribution in [1.29, 1.82) is 0 Å². The predicted molar refractivity (Wildman–Crippen MR) is 58.6 cm³/mol. The van der Waals surface area contributed by atoms with Crippen LogP contribution in [-0.2, 0) is 6.18 Å². The summed E-state index contributed by atoms with van der Waals surface area (Å²) in [4.78, 5) is 11.8. The quantitative estimate of drug-likeness (QED) is 0.832. The fourth-order valence-electron chi connectivity index (χ4n) is 1.33. The summed E-state index contributed by atoms with van der Waals surface area (Å²) in [5.74, 6) is -0.652. The van der Waals surface area contributed by atoms with E-state index in [1.54, 1.807) is 13.8 Å². The Bertz CT molecular complexity index is 395. The molecule has 0 heterocycles. The molecule has 0 spiro atoms. The van der Waals surface area contributed by atoms with Crippen LogP contribution in [0.4, 0.5) is 13.2 Å². The van der Waals surface area contributed by atoms with E-state index in [9.17, 15) is 18.0 Å². The molecule has 0 aliphatic carbocycles. The summed E-state index contributed by atoms with van der Waals surface area (Å²) in [7, 11) is 0. The second kappa shape index (κ2) is 4.87. The first kappa shape index (κ1) is 13.7. The molecule has 2 nitrogen and oxygen atoms in total. The summed E-state index contributed by atoms with van der Waals surface area (Å²) in [6.07, 6.45) is -4.38. The molecule has 0 aliphatic rings. The van der Waals surface area contributed by atoms with Gasteiger partial charge in [-0.3, -0.25) is 4.79 Å². The van der Waals surface area contributed by atoms with E-state index in [1.165, 1.54) is 12.1 Å². The lowest BCUT2D eigenvalue weighted by molar-refractivity contribution is -0.137. The highest BCUT2D eigenvalue weighted by Crippen LogP contribution is 2.29. The largest absolute Gasteiger partial charge is 0.416 e. The van der Waals surface area contributed by atoms with Crippen LogP contribution in [0.5, 0.6) is 0 Å². The molecule has 1 rings (SSSR count). The highest BCUT2D eigenvalue weighted by atomic mass is 19.4. The molecule has 0 bridgehead atoms. The van der Waals surface area contributed by atoms with Crippen molar-refractivity contribution in [1.82, 2.24) is 0 Å². The molecule has 1 aromatic carbocycles. The van der Waals surface area contributed by atoms with Crippen molar-refractivity contribution in [3.63, 3.8) is 0 Å². The van der Waals surface area contributed by atoms with Gasteiger partial charge in [0.15, 0.2) is 5.78 Å². The van der Waals surface area contributed by atoms with Gasteiger partial charge in [0.25, 0.3) is 0 Å². The first-order chi connectivity index (χ1) is 7.73. The Labute approximate surface area is 97.6 Å². The predicted octanol–water partition coefficient (Wildman–Crippen LogP) is 2.87. The van der Waals surface area contributed by atoms with Gasteiger partial charge in [-0.15, -0.1) is 0 Å². The SMILES string of the molecule is CC(N)C(C)C(=O)c1ccc(C(F)(F)F)cc1. The Morgan fingerprint density at radius 1 is 1.18 bits per heavy atom. The molecule has 0 radical (unpaired) electrons. The molecule has 0 aromatic heterocycles. The molecule has 0 saturated heterocycles. The van der Waals surface area contributed by atoms with Gasteiger partial charge < -0.3 is 5.73 Å². The maximum atomic E-state index is 12.3. The lowest BCUT2D eigenvalue weighted by Crippen LogP contribution is -2.30. The van der Waals surface area contributed by atoms with Gasteiger partial charge in [0.05, 0.1) is 5.56 Å². The number of carbonyl (C=O) groups excluding carboxylic acids is 1. The number of alkyl halides is 3. The zero-order chi connectivity index (χ0) is 13.2. The first-order valence-corrected chi connectivity index (χ1v) is 5.20. The molecular formula is C12H14F3NO. The minimum Gasteiger partial charge on any atom is -0.327 e. The number of Topliss-reactive ketones (excluding diaryl/α,β-unsaturated/α-hetero) is 1. The van der Waals surface area contributed by atoms with Crippen molar-refractivity contribution in [3.05, 3.63) is 35.4 Å². The standard InChI is InChI=1S/C12H14F3NO/c1-7(8(2)16)11(17)9-3-5-10(6-4-9)12(13,14)15/h3-8H,16H2,1-2H3. The van der Waals surface area contributed by atoms with Crippen molar-refractivity contribution >= 4 is 5.78 Å². The summed E-state index contributed by atoms with van der Waals surface area (Å²) >= 11 is 0. The number of halogens is 3. The van der Waals surface area contributed by atoms with Crippen LogP contribution in [0.15, 0.2) is 24.3 Å². The Morgan fingerprint density at radius 3 is 2.00 bits per heavy atom. The fourth-order valence-corrected chi connectivity index (χ4v) is 1.33. The summed E-state index contributed by atoms with van der Waals surface area (Å²) in [5.41, 5.74) is 5.06. The van der Waals surface area contributed by atoms with Gasteiger partial charge in [0, 0.05) is 17.5 Å². The number of rotatable bonds is 3. The fraction of sp³-hybridized carbons (Fsp3) is 0.417. The van der Waals surface area contributed by atoms with Gasteiger partial charge in [0.2, 0.25) is 0 Å². The van der Waals surface area contributed by atoms with Crippen LogP contribution in [0.1, 0.15) is 29.8 Å². The average molecular weight is 245 g/mol. The summed E-state index contributed by atoms with van der Waals surface area (Å²) in [5, 5.41) is 0. The smallest absolute Gasteiger partial charge is 0.327 e. The molecule has 0 amide bonds. The minimum absolute atomic E-state index is 0.242. The summed E-state index contributed by atoms with van der Waals surface area (Å²) in [6.45, 7) is 3.34. The van der Waals surface area contributed by atoms with Gasteiger partial charge in [-0.2, -0.15) is 13.2 Å². The molecule has 0 aliphatic heterocycles. The molecule has 2 N–H and O–H groups in total. The van der Waals surface area contributed by atoms with E-state index in [2.05, 4.69) is 0 Å². The van der Waals surface area contributed by atoms with Crippen molar-refractivity contribution in [2.24, 2.45) is 11.7 Å². The van der Waals surface area contributed by atoms with E-state index >= 15 is 0 Å². The molecular weight excluding hydrogens is 231 g/mol. The average Bonchev–Trinajstić information content (AvgIpc) is 2.26. The Hall–Kier alpha value is -1.36. The van der Waals surface area contributed by atoms with Crippen LogP contribution < -0.4 is 5.73 Å². The zero-order valence-corrected chi connectivity index (χ0v) is 9.58.